The van der Waals surface area contributed by atoms with Crippen LogP contribution in [-0.2, 0) is 11.2 Å². The van der Waals surface area contributed by atoms with Gasteiger partial charge < -0.3 is 11.1 Å². The van der Waals surface area contributed by atoms with Gasteiger partial charge in [-0.1, -0.05) is 34.1 Å². The van der Waals surface area contributed by atoms with Crippen LogP contribution < -0.4 is 11.1 Å². The predicted octanol–water partition coefficient (Wildman–Crippen LogP) is 2.87. The van der Waals surface area contributed by atoms with Gasteiger partial charge in [0, 0.05) is 16.9 Å². The molecule has 0 aromatic heterocycles. The van der Waals surface area contributed by atoms with Crippen molar-refractivity contribution in [1.82, 2.24) is 5.32 Å². The van der Waals surface area contributed by atoms with Gasteiger partial charge in [0.05, 0.1) is 0 Å². The topological polar surface area (TPSA) is 55.1 Å². The highest BCUT2D eigenvalue weighted by Gasteiger charge is 2.25. The second-order valence-corrected chi connectivity index (χ2v) is 6.44. The standard InChI is InChI=1S/C16H23BrN2O/c17-15-4-2-1-3-13(15)9-10-19-16(20)14-7-5-12(11-18)6-8-14/h1-4,12,14H,5-11,18H2,(H,19,20). The summed E-state index contributed by atoms with van der Waals surface area (Å²) in [5.41, 5.74) is 6.91. The number of carbonyl (C=O) groups excluding carboxylic acids is 1. The average Bonchev–Trinajstić information content (AvgIpc) is 2.49. The van der Waals surface area contributed by atoms with Gasteiger partial charge in [0.25, 0.3) is 0 Å². The van der Waals surface area contributed by atoms with Crippen LogP contribution >= 0.6 is 15.9 Å². The van der Waals surface area contributed by atoms with E-state index in [1.54, 1.807) is 0 Å². The molecule has 2 rings (SSSR count). The fraction of sp³-hybridized carbons (Fsp3) is 0.562. The Balaban J connectivity index is 1.72. The van der Waals surface area contributed by atoms with E-state index in [9.17, 15) is 4.79 Å². The van der Waals surface area contributed by atoms with Crippen molar-refractivity contribution in [2.75, 3.05) is 13.1 Å². The Morgan fingerprint density at radius 1 is 1.25 bits per heavy atom. The van der Waals surface area contributed by atoms with E-state index < -0.39 is 0 Å². The molecule has 0 atom stereocenters. The number of halogens is 1. The second kappa shape index (κ2) is 7.79. The maximum atomic E-state index is 12.1. The Morgan fingerprint density at radius 2 is 1.95 bits per heavy atom. The van der Waals surface area contributed by atoms with Crippen LogP contribution in [0, 0.1) is 11.8 Å². The van der Waals surface area contributed by atoms with Gasteiger partial charge in [-0.2, -0.15) is 0 Å². The summed E-state index contributed by atoms with van der Waals surface area (Å²) in [6.07, 6.45) is 5.04. The van der Waals surface area contributed by atoms with E-state index in [1.165, 1.54) is 5.56 Å². The van der Waals surface area contributed by atoms with Crippen molar-refractivity contribution in [3.8, 4) is 0 Å². The summed E-state index contributed by atoms with van der Waals surface area (Å²) < 4.78 is 1.11. The number of carbonyl (C=O) groups is 1. The van der Waals surface area contributed by atoms with E-state index >= 15 is 0 Å². The van der Waals surface area contributed by atoms with Crippen LogP contribution in [0.4, 0.5) is 0 Å². The van der Waals surface area contributed by atoms with Gasteiger partial charge >= 0.3 is 0 Å². The van der Waals surface area contributed by atoms with Gasteiger partial charge in [0.15, 0.2) is 0 Å². The summed E-state index contributed by atoms with van der Waals surface area (Å²) in [7, 11) is 0. The third-order valence-corrected chi connectivity index (χ3v) is 4.98. The van der Waals surface area contributed by atoms with E-state index in [-0.39, 0.29) is 11.8 Å². The largest absolute Gasteiger partial charge is 0.356 e. The van der Waals surface area contributed by atoms with E-state index in [4.69, 9.17) is 5.73 Å². The molecule has 1 amide bonds. The summed E-state index contributed by atoms with van der Waals surface area (Å²) in [5, 5.41) is 3.07. The number of hydrogen-bond acceptors (Lipinski definition) is 2. The smallest absolute Gasteiger partial charge is 0.223 e. The molecule has 1 aliphatic rings. The zero-order chi connectivity index (χ0) is 14.4. The fourth-order valence-electron chi connectivity index (χ4n) is 2.83. The molecule has 110 valence electrons. The normalized spacial score (nSPS) is 22.5. The Morgan fingerprint density at radius 3 is 2.60 bits per heavy atom. The lowest BCUT2D eigenvalue weighted by Gasteiger charge is -2.26. The highest BCUT2D eigenvalue weighted by Crippen LogP contribution is 2.28. The number of rotatable bonds is 5. The van der Waals surface area contributed by atoms with Crippen molar-refractivity contribution in [3.05, 3.63) is 34.3 Å². The molecule has 0 unspecified atom stereocenters. The molecule has 1 saturated carbocycles. The molecule has 1 aromatic carbocycles. The SMILES string of the molecule is NCC1CCC(C(=O)NCCc2ccccc2Br)CC1. The number of nitrogens with one attached hydrogen (secondary N) is 1. The van der Waals surface area contributed by atoms with Gasteiger partial charge in [-0.3, -0.25) is 4.79 Å². The van der Waals surface area contributed by atoms with Gasteiger partial charge in [-0.05, 0) is 56.2 Å². The molecule has 1 fully saturated rings. The van der Waals surface area contributed by atoms with Crippen LogP contribution in [-0.4, -0.2) is 19.0 Å². The molecule has 3 nitrogen and oxygen atoms in total. The first-order valence-electron chi connectivity index (χ1n) is 7.42. The van der Waals surface area contributed by atoms with E-state index in [1.807, 2.05) is 18.2 Å². The Bertz CT molecular complexity index is 442. The van der Waals surface area contributed by atoms with Crippen molar-refractivity contribution >= 4 is 21.8 Å². The molecule has 0 heterocycles. The first-order valence-corrected chi connectivity index (χ1v) is 8.21. The average molecular weight is 339 g/mol. The first kappa shape index (κ1) is 15.5. The molecular formula is C16H23BrN2O. The Hall–Kier alpha value is -0.870. The highest BCUT2D eigenvalue weighted by molar-refractivity contribution is 9.10. The van der Waals surface area contributed by atoms with Crippen molar-refractivity contribution in [1.29, 1.82) is 0 Å². The molecule has 0 spiro atoms. The molecule has 4 heteroatoms. The molecule has 0 saturated heterocycles. The third-order valence-electron chi connectivity index (χ3n) is 4.20. The van der Waals surface area contributed by atoms with Gasteiger partial charge in [0.2, 0.25) is 5.91 Å². The number of benzene rings is 1. The quantitative estimate of drug-likeness (QED) is 0.867. The van der Waals surface area contributed by atoms with Crippen LogP contribution in [0.2, 0.25) is 0 Å². The lowest BCUT2D eigenvalue weighted by atomic mass is 9.81. The predicted molar refractivity (Wildman–Crippen MR) is 85.4 cm³/mol. The Labute approximate surface area is 129 Å². The van der Waals surface area contributed by atoms with E-state index in [0.717, 1.165) is 43.1 Å². The molecular weight excluding hydrogens is 316 g/mol. The van der Waals surface area contributed by atoms with Gasteiger partial charge in [-0.25, -0.2) is 0 Å². The second-order valence-electron chi connectivity index (χ2n) is 5.59. The zero-order valence-corrected chi connectivity index (χ0v) is 13.4. The monoisotopic (exact) mass is 338 g/mol. The Kier molecular flexibility index (Phi) is 6.05. The molecule has 0 radical (unpaired) electrons. The van der Waals surface area contributed by atoms with Crippen LogP contribution in [0.5, 0.6) is 0 Å². The summed E-state index contributed by atoms with van der Waals surface area (Å²) in [5.74, 6) is 1.03. The van der Waals surface area contributed by atoms with Gasteiger partial charge in [-0.15, -0.1) is 0 Å². The first-order chi connectivity index (χ1) is 9.70. The summed E-state index contributed by atoms with van der Waals surface area (Å²) in [6.45, 7) is 1.47. The van der Waals surface area contributed by atoms with Crippen molar-refractivity contribution in [2.24, 2.45) is 17.6 Å². The summed E-state index contributed by atoms with van der Waals surface area (Å²) in [4.78, 5) is 12.1. The minimum atomic E-state index is 0.192. The molecule has 1 aliphatic carbocycles. The number of hydrogen-bond donors (Lipinski definition) is 2. The molecule has 0 bridgehead atoms. The van der Waals surface area contributed by atoms with Crippen LogP contribution in [0.15, 0.2) is 28.7 Å². The molecule has 20 heavy (non-hydrogen) atoms. The lowest BCUT2D eigenvalue weighted by Crippen LogP contribution is -2.35. The number of nitrogens with two attached hydrogens (primary N) is 1. The third kappa shape index (κ3) is 4.32. The highest BCUT2D eigenvalue weighted by atomic mass is 79.9. The zero-order valence-electron chi connectivity index (χ0n) is 11.8. The minimum Gasteiger partial charge on any atom is -0.356 e. The van der Waals surface area contributed by atoms with Crippen molar-refractivity contribution < 1.29 is 4.79 Å². The summed E-state index contributed by atoms with van der Waals surface area (Å²) in [6, 6.07) is 8.14. The van der Waals surface area contributed by atoms with Crippen LogP contribution in [0.25, 0.3) is 0 Å². The van der Waals surface area contributed by atoms with E-state index in [2.05, 4.69) is 27.3 Å². The molecule has 1 aromatic rings. The fourth-order valence-corrected chi connectivity index (χ4v) is 3.31. The van der Waals surface area contributed by atoms with E-state index in [0.29, 0.717) is 12.5 Å². The molecule has 3 N–H and O–H groups in total. The van der Waals surface area contributed by atoms with Crippen molar-refractivity contribution in [3.63, 3.8) is 0 Å². The maximum Gasteiger partial charge on any atom is 0.223 e. The summed E-state index contributed by atoms with van der Waals surface area (Å²) >= 11 is 3.53. The van der Waals surface area contributed by atoms with Crippen molar-refractivity contribution in [2.45, 2.75) is 32.1 Å². The van der Waals surface area contributed by atoms with Gasteiger partial charge in [0.1, 0.15) is 0 Å². The molecule has 0 aliphatic heterocycles. The van der Waals surface area contributed by atoms with Crippen LogP contribution in [0.3, 0.4) is 0 Å². The lowest BCUT2D eigenvalue weighted by molar-refractivity contribution is -0.126. The number of amides is 1. The minimum absolute atomic E-state index is 0.192. The maximum absolute atomic E-state index is 12.1. The van der Waals surface area contributed by atoms with Crippen LogP contribution in [0.1, 0.15) is 31.2 Å².